The van der Waals surface area contributed by atoms with Crippen molar-refractivity contribution in [1.29, 1.82) is 5.26 Å². The van der Waals surface area contributed by atoms with Crippen LogP contribution >= 0.6 is 11.3 Å². The second-order valence-electron chi connectivity index (χ2n) is 6.86. The molecule has 134 valence electrons. The summed E-state index contributed by atoms with van der Waals surface area (Å²) in [6.45, 7) is 1.59. The number of anilines is 2. The molecule has 0 radical (unpaired) electrons. The average Bonchev–Trinajstić information content (AvgIpc) is 3.10. The number of pyridine rings is 1. The number of piperidine rings is 1. The zero-order chi connectivity index (χ0) is 17.9. The number of fused-ring (bicyclic) bond motifs is 1. The minimum Gasteiger partial charge on any atom is -0.357 e. The molecule has 1 N–H and O–H groups in total. The predicted molar refractivity (Wildman–Crippen MR) is 101 cm³/mol. The lowest BCUT2D eigenvalue weighted by Gasteiger charge is -2.31. The van der Waals surface area contributed by atoms with E-state index in [0.29, 0.717) is 5.56 Å². The molecule has 0 unspecified atom stereocenters. The van der Waals surface area contributed by atoms with Gasteiger partial charge in [-0.1, -0.05) is 0 Å². The summed E-state index contributed by atoms with van der Waals surface area (Å²) < 4.78 is 0. The molecule has 1 fully saturated rings. The van der Waals surface area contributed by atoms with Gasteiger partial charge in [0.1, 0.15) is 11.9 Å². The molecule has 0 aromatic carbocycles. The number of carbonyl (C=O) groups is 1. The summed E-state index contributed by atoms with van der Waals surface area (Å²) in [6.07, 6.45) is 7.77. The van der Waals surface area contributed by atoms with Gasteiger partial charge < -0.3 is 10.2 Å². The van der Waals surface area contributed by atoms with Crippen LogP contribution < -0.4 is 10.2 Å². The first-order valence-electron chi connectivity index (χ1n) is 9.13. The summed E-state index contributed by atoms with van der Waals surface area (Å²) in [5, 5.41) is 12.7. The van der Waals surface area contributed by atoms with E-state index in [0.717, 1.165) is 49.7 Å². The van der Waals surface area contributed by atoms with Gasteiger partial charge in [0, 0.05) is 30.1 Å². The maximum Gasteiger partial charge on any atom is 0.229 e. The van der Waals surface area contributed by atoms with Crippen LogP contribution in [0.5, 0.6) is 0 Å². The molecule has 2 aromatic heterocycles. The van der Waals surface area contributed by atoms with E-state index in [2.05, 4.69) is 26.3 Å². The van der Waals surface area contributed by atoms with Gasteiger partial charge in [-0.3, -0.25) is 4.79 Å². The molecule has 0 atom stereocenters. The maximum atomic E-state index is 12.6. The fourth-order valence-corrected chi connectivity index (χ4v) is 4.68. The van der Waals surface area contributed by atoms with Crippen molar-refractivity contribution < 1.29 is 4.79 Å². The third-order valence-corrected chi connectivity index (χ3v) is 6.22. The maximum absolute atomic E-state index is 12.6. The Labute approximate surface area is 156 Å². The Hall–Kier alpha value is -2.46. The summed E-state index contributed by atoms with van der Waals surface area (Å²) >= 11 is 1.64. The van der Waals surface area contributed by atoms with Crippen molar-refractivity contribution in [2.75, 3.05) is 23.3 Å². The third-order valence-electron chi connectivity index (χ3n) is 5.14. The zero-order valence-corrected chi connectivity index (χ0v) is 15.4. The lowest BCUT2D eigenvalue weighted by molar-refractivity contribution is -0.120. The fraction of sp³-hybridized carbons (Fsp3) is 0.474. The minimum atomic E-state index is 0.0190. The van der Waals surface area contributed by atoms with Crippen LogP contribution in [-0.4, -0.2) is 29.0 Å². The smallest absolute Gasteiger partial charge is 0.229 e. The fourth-order valence-electron chi connectivity index (χ4n) is 3.62. The Kier molecular flexibility index (Phi) is 4.85. The van der Waals surface area contributed by atoms with Gasteiger partial charge in [0.25, 0.3) is 0 Å². The van der Waals surface area contributed by atoms with Crippen molar-refractivity contribution in [3.05, 3.63) is 34.5 Å². The van der Waals surface area contributed by atoms with Crippen molar-refractivity contribution in [1.82, 2.24) is 9.97 Å². The highest BCUT2D eigenvalue weighted by atomic mass is 32.1. The number of hydrogen-bond donors (Lipinski definition) is 1. The lowest BCUT2D eigenvalue weighted by atomic mass is 9.96. The molecule has 2 aromatic rings. The molecule has 0 bridgehead atoms. The number of hydrogen-bond acceptors (Lipinski definition) is 6. The number of nitriles is 1. The van der Waals surface area contributed by atoms with Crippen LogP contribution in [0.3, 0.4) is 0 Å². The highest BCUT2D eigenvalue weighted by Gasteiger charge is 2.26. The van der Waals surface area contributed by atoms with Gasteiger partial charge in [0.2, 0.25) is 5.91 Å². The largest absolute Gasteiger partial charge is 0.357 e. The summed E-state index contributed by atoms with van der Waals surface area (Å²) in [5.41, 5.74) is 1.74. The zero-order valence-electron chi connectivity index (χ0n) is 14.6. The number of thiazole rings is 1. The molecule has 0 saturated carbocycles. The first-order chi connectivity index (χ1) is 12.7. The van der Waals surface area contributed by atoms with Crippen LogP contribution in [-0.2, 0) is 17.6 Å². The van der Waals surface area contributed by atoms with Crippen molar-refractivity contribution in [3.8, 4) is 6.07 Å². The third kappa shape index (κ3) is 3.56. The molecule has 7 heteroatoms. The Balaban J connectivity index is 1.33. The monoisotopic (exact) mass is 367 g/mol. The van der Waals surface area contributed by atoms with E-state index in [1.807, 2.05) is 6.07 Å². The molecule has 1 amide bonds. The summed E-state index contributed by atoms with van der Waals surface area (Å²) in [7, 11) is 0. The Morgan fingerprint density at radius 1 is 1.27 bits per heavy atom. The molecule has 0 spiro atoms. The molecule has 4 rings (SSSR count). The predicted octanol–water partition coefficient (Wildman–Crippen LogP) is 3.14. The Morgan fingerprint density at radius 3 is 2.77 bits per heavy atom. The van der Waals surface area contributed by atoms with Crippen molar-refractivity contribution >= 4 is 28.2 Å². The van der Waals surface area contributed by atoms with Gasteiger partial charge in [0.15, 0.2) is 5.13 Å². The van der Waals surface area contributed by atoms with Crippen molar-refractivity contribution in [2.45, 2.75) is 38.5 Å². The van der Waals surface area contributed by atoms with Gasteiger partial charge >= 0.3 is 0 Å². The normalized spacial score (nSPS) is 17.4. The Bertz CT molecular complexity index is 807. The Morgan fingerprint density at radius 2 is 2.08 bits per heavy atom. The number of rotatable bonds is 3. The number of aromatic nitrogens is 2. The van der Waals surface area contributed by atoms with Gasteiger partial charge in [-0.25, -0.2) is 9.97 Å². The van der Waals surface area contributed by atoms with E-state index < -0.39 is 0 Å². The summed E-state index contributed by atoms with van der Waals surface area (Å²) in [4.78, 5) is 25.1. The van der Waals surface area contributed by atoms with Crippen molar-refractivity contribution in [2.24, 2.45) is 5.92 Å². The van der Waals surface area contributed by atoms with E-state index in [1.165, 1.54) is 23.4 Å². The second kappa shape index (κ2) is 7.42. The first kappa shape index (κ1) is 17.0. The second-order valence-corrected chi connectivity index (χ2v) is 7.95. The standard InChI is InChI=1S/C19H21N5OS/c20-11-13-5-6-17(21-12-13)24-9-7-14(8-10-24)18(25)23-19-22-15-3-1-2-4-16(15)26-19/h5-6,12,14H,1-4,7-10H2,(H,22,23,25). The van der Waals surface area contributed by atoms with E-state index in [-0.39, 0.29) is 11.8 Å². The van der Waals surface area contributed by atoms with E-state index in [4.69, 9.17) is 5.26 Å². The molecule has 1 saturated heterocycles. The van der Waals surface area contributed by atoms with Crippen LogP contribution in [0.25, 0.3) is 0 Å². The number of carbonyl (C=O) groups excluding carboxylic acids is 1. The molecule has 2 aliphatic rings. The van der Waals surface area contributed by atoms with Crippen LogP contribution in [0.4, 0.5) is 10.9 Å². The quantitative estimate of drug-likeness (QED) is 0.901. The molecule has 26 heavy (non-hydrogen) atoms. The van der Waals surface area contributed by atoms with Crippen molar-refractivity contribution in [3.63, 3.8) is 0 Å². The van der Waals surface area contributed by atoms with E-state index in [1.54, 1.807) is 23.6 Å². The van der Waals surface area contributed by atoms with Gasteiger partial charge in [-0.15, -0.1) is 11.3 Å². The summed E-state index contributed by atoms with van der Waals surface area (Å²) in [6, 6.07) is 5.74. The van der Waals surface area contributed by atoms with Gasteiger partial charge in [-0.2, -0.15) is 5.26 Å². The molecule has 6 nitrogen and oxygen atoms in total. The number of aryl methyl sites for hydroxylation is 2. The molecular formula is C19H21N5OS. The van der Waals surface area contributed by atoms with Gasteiger partial charge in [-0.05, 0) is 50.7 Å². The molecule has 1 aliphatic heterocycles. The minimum absolute atomic E-state index is 0.0190. The summed E-state index contributed by atoms with van der Waals surface area (Å²) in [5.74, 6) is 0.976. The van der Waals surface area contributed by atoms with Crippen LogP contribution in [0.15, 0.2) is 18.3 Å². The number of nitrogens with zero attached hydrogens (tertiary/aromatic N) is 4. The molecular weight excluding hydrogens is 346 g/mol. The van der Waals surface area contributed by atoms with E-state index in [9.17, 15) is 4.79 Å². The van der Waals surface area contributed by atoms with Crippen LogP contribution in [0.2, 0.25) is 0 Å². The van der Waals surface area contributed by atoms with Gasteiger partial charge in [0.05, 0.1) is 11.3 Å². The number of amides is 1. The molecule has 3 heterocycles. The van der Waals surface area contributed by atoms with Crippen LogP contribution in [0.1, 0.15) is 41.8 Å². The topological polar surface area (TPSA) is 81.9 Å². The SMILES string of the molecule is N#Cc1ccc(N2CCC(C(=O)Nc3nc4c(s3)CCCC4)CC2)nc1. The lowest BCUT2D eigenvalue weighted by Crippen LogP contribution is -2.38. The highest BCUT2D eigenvalue weighted by Crippen LogP contribution is 2.30. The van der Waals surface area contributed by atoms with E-state index >= 15 is 0 Å². The number of nitrogens with one attached hydrogen (secondary N) is 1. The highest BCUT2D eigenvalue weighted by molar-refractivity contribution is 7.15. The molecule has 1 aliphatic carbocycles. The van der Waals surface area contributed by atoms with Crippen LogP contribution in [0, 0.1) is 17.2 Å². The average molecular weight is 367 g/mol. The first-order valence-corrected chi connectivity index (χ1v) is 9.95.